The van der Waals surface area contributed by atoms with Gasteiger partial charge in [0.15, 0.2) is 0 Å². The first-order valence-electron chi connectivity index (χ1n) is 5.07. The number of H-pyrrole nitrogens is 1. The third-order valence-electron chi connectivity index (χ3n) is 2.71. The van der Waals surface area contributed by atoms with Gasteiger partial charge >= 0.3 is 0 Å². The molecule has 5 heteroatoms. The van der Waals surface area contributed by atoms with Gasteiger partial charge in [0.25, 0.3) is 0 Å². The van der Waals surface area contributed by atoms with Crippen LogP contribution in [-0.4, -0.2) is 45.3 Å². The first-order chi connectivity index (χ1) is 6.75. The lowest BCUT2D eigenvalue weighted by atomic mass is 10.1. The highest BCUT2D eigenvalue weighted by molar-refractivity contribution is 4.87. The van der Waals surface area contributed by atoms with Gasteiger partial charge < -0.3 is 5.32 Å². The van der Waals surface area contributed by atoms with Crippen LogP contribution in [0.4, 0.5) is 0 Å². The molecule has 0 bridgehead atoms. The van der Waals surface area contributed by atoms with Gasteiger partial charge in [0.2, 0.25) is 0 Å². The average Bonchev–Trinajstić information content (AvgIpc) is 2.64. The van der Waals surface area contributed by atoms with Crippen molar-refractivity contribution in [3.8, 4) is 0 Å². The van der Waals surface area contributed by atoms with Crippen molar-refractivity contribution in [1.82, 2.24) is 25.4 Å². The molecule has 0 aliphatic carbocycles. The first-order valence-corrected chi connectivity index (χ1v) is 5.07. The van der Waals surface area contributed by atoms with Crippen molar-refractivity contribution in [2.45, 2.75) is 32.5 Å². The Labute approximate surface area is 83.9 Å². The van der Waals surface area contributed by atoms with E-state index < -0.39 is 0 Å². The van der Waals surface area contributed by atoms with Gasteiger partial charge in [0.05, 0.1) is 6.54 Å². The molecule has 1 aliphatic heterocycles. The summed E-state index contributed by atoms with van der Waals surface area (Å²) in [6.45, 7) is 7.43. The fraction of sp³-hybridized carbons (Fsp3) is 0.778. The zero-order valence-electron chi connectivity index (χ0n) is 8.70. The van der Waals surface area contributed by atoms with Crippen LogP contribution in [0.3, 0.4) is 0 Å². The Morgan fingerprint density at radius 3 is 3.14 bits per heavy atom. The van der Waals surface area contributed by atoms with Crippen molar-refractivity contribution in [2.24, 2.45) is 0 Å². The Balaban J connectivity index is 1.95. The molecule has 1 saturated heterocycles. The van der Waals surface area contributed by atoms with Gasteiger partial charge in [-0.3, -0.25) is 10.00 Å². The van der Waals surface area contributed by atoms with Crippen molar-refractivity contribution in [1.29, 1.82) is 0 Å². The number of hydrogen-bond donors (Lipinski definition) is 2. The van der Waals surface area contributed by atoms with E-state index in [1.165, 1.54) is 0 Å². The number of nitrogens with zero attached hydrogens (tertiary/aromatic N) is 3. The Hall–Kier alpha value is -0.940. The average molecular weight is 195 g/mol. The molecule has 14 heavy (non-hydrogen) atoms. The molecule has 1 aliphatic rings. The second kappa shape index (κ2) is 4.06. The summed E-state index contributed by atoms with van der Waals surface area (Å²) in [6.07, 6.45) is 1.56. The van der Waals surface area contributed by atoms with Crippen LogP contribution in [0.2, 0.25) is 0 Å². The molecule has 0 radical (unpaired) electrons. The normalized spacial score (nSPS) is 29.3. The Kier molecular flexibility index (Phi) is 2.79. The molecule has 2 atom stereocenters. The molecule has 1 aromatic heterocycles. The van der Waals surface area contributed by atoms with E-state index in [0.29, 0.717) is 12.1 Å². The summed E-state index contributed by atoms with van der Waals surface area (Å²) < 4.78 is 0. The molecule has 2 N–H and O–H groups in total. The SMILES string of the molecule is CC1CN(Cc2ncn[nH]2)C(C)CN1. The summed E-state index contributed by atoms with van der Waals surface area (Å²) in [5, 5.41) is 10.2. The highest BCUT2D eigenvalue weighted by atomic mass is 15.3. The number of aromatic nitrogens is 3. The zero-order valence-corrected chi connectivity index (χ0v) is 8.70. The van der Waals surface area contributed by atoms with Gasteiger partial charge in [-0.25, -0.2) is 4.98 Å². The van der Waals surface area contributed by atoms with Crippen molar-refractivity contribution in [2.75, 3.05) is 13.1 Å². The Morgan fingerprint density at radius 1 is 1.57 bits per heavy atom. The van der Waals surface area contributed by atoms with E-state index in [1.54, 1.807) is 6.33 Å². The van der Waals surface area contributed by atoms with E-state index in [1.807, 2.05) is 0 Å². The van der Waals surface area contributed by atoms with Crippen LogP contribution < -0.4 is 5.32 Å². The largest absolute Gasteiger partial charge is 0.311 e. The smallest absolute Gasteiger partial charge is 0.138 e. The van der Waals surface area contributed by atoms with E-state index in [4.69, 9.17) is 0 Å². The minimum Gasteiger partial charge on any atom is -0.311 e. The lowest BCUT2D eigenvalue weighted by Gasteiger charge is -2.36. The Morgan fingerprint density at radius 2 is 2.43 bits per heavy atom. The number of nitrogens with one attached hydrogen (secondary N) is 2. The number of piperazine rings is 1. The standard InChI is InChI=1S/C9H17N5/c1-7-4-14(8(2)3-10-7)5-9-11-6-12-13-9/h6-8,10H,3-5H2,1-2H3,(H,11,12,13). The van der Waals surface area contributed by atoms with E-state index >= 15 is 0 Å². The van der Waals surface area contributed by atoms with Crippen LogP contribution in [0.1, 0.15) is 19.7 Å². The lowest BCUT2D eigenvalue weighted by Crippen LogP contribution is -2.53. The topological polar surface area (TPSA) is 56.8 Å². The van der Waals surface area contributed by atoms with Crippen molar-refractivity contribution >= 4 is 0 Å². The van der Waals surface area contributed by atoms with Gasteiger partial charge in [-0.2, -0.15) is 5.10 Å². The highest BCUT2D eigenvalue weighted by Gasteiger charge is 2.22. The van der Waals surface area contributed by atoms with Gasteiger partial charge in [-0.15, -0.1) is 0 Å². The molecule has 1 aromatic rings. The number of aromatic amines is 1. The predicted octanol–water partition coefficient (Wildman–Crippen LogP) is -0.0131. The zero-order chi connectivity index (χ0) is 9.97. The molecule has 0 spiro atoms. The van der Waals surface area contributed by atoms with Crippen LogP contribution in [0.5, 0.6) is 0 Å². The molecule has 0 amide bonds. The van der Waals surface area contributed by atoms with Crippen LogP contribution in [0.15, 0.2) is 6.33 Å². The van der Waals surface area contributed by atoms with Crippen molar-refractivity contribution in [3.63, 3.8) is 0 Å². The fourth-order valence-corrected chi connectivity index (χ4v) is 1.82. The Bertz CT molecular complexity index is 271. The van der Waals surface area contributed by atoms with Gasteiger partial charge in [-0.05, 0) is 13.8 Å². The first kappa shape index (κ1) is 9.61. The maximum atomic E-state index is 4.14. The molecular formula is C9H17N5. The minimum atomic E-state index is 0.564. The van der Waals surface area contributed by atoms with E-state index in [9.17, 15) is 0 Å². The van der Waals surface area contributed by atoms with Crippen LogP contribution in [-0.2, 0) is 6.54 Å². The third kappa shape index (κ3) is 2.10. The molecule has 78 valence electrons. The predicted molar refractivity (Wildman–Crippen MR) is 53.7 cm³/mol. The quantitative estimate of drug-likeness (QED) is 0.696. The summed E-state index contributed by atoms with van der Waals surface area (Å²) >= 11 is 0. The van der Waals surface area contributed by atoms with E-state index in [-0.39, 0.29) is 0 Å². The maximum absolute atomic E-state index is 4.14. The summed E-state index contributed by atoms with van der Waals surface area (Å²) in [5.41, 5.74) is 0. The van der Waals surface area contributed by atoms with Gasteiger partial charge in [-0.1, -0.05) is 0 Å². The van der Waals surface area contributed by atoms with E-state index in [2.05, 4.69) is 39.2 Å². The monoisotopic (exact) mass is 195 g/mol. The van der Waals surface area contributed by atoms with E-state index in [0.717, 1.165) is 25.5 Å². The van der Waals surface area contributed by atoms with Crippen molar-refractivity contribution in [3.05, 3.63) is 12.2 Å². The second-order valence-corrected chi connectivity index (χ2v) is 4.02. The van der Waals surface area contributed by atoms with Crippen LogP contribution >= 0.6 is 0 Å². The maximum Gasteiger partial charge on any atom is 0.138 e. The third-order valence-corrected chi connectivity index (χ3v) is 2.71. The molecule has 5 nitrogen and oxygen atoms in total. The molecule has 0 saturated carbocycles. The number of rotatable bonds is 2. The molecule has 2 heterocycles. The summed E-state index contributed by atoms with van der Waals surface area (Å²) in [4.78, 5) is 6.56. The molecule has 2 unspecified atom stereocenters. The number of hydrogen-bond acceptors (Lipinski definition) is 4. The lowest BCUT2D eigenvalue weighted by molar-refractivity contribution is 0.135. The van der Waals surface area contributed by atoms with Gasteiger partial charge in [0, 0.05) is 25.2 Å². The van der Waals surface area contributed by atoms with Gasteiger partial charge in [0.1, 0.15) is 12.2 Å². The molecule has 1 fully saturated rings. The summed E-state index contributed by atoms with van der Waals surface area (Å²) in [5.74, 6) is 0.950. The molecule has 0 aromatic carbocycles. The molecular weight excluding hydrogens is 178 g/mol. The minimum absolute atomic E-state index is 0.564. The fourth-order valence-electron chi connectivity index (χ4n) is 1.82. The van der Waals surface area contributed by atoms with Crippen LogP contribution in [0, 0.1) is 0 Å². The summed E-state index contributed by atoms with van der Waals surface area (Å²) in [6, 6.07) is 1.13. The molecule has 2 rings (SSSR count). The second-order valence-electron chi connectivity index (χ2n) is 4.02. The van der Waals surface area contributed by atoms with Crippen LogP contribution in [0.25, 0.3) is 0 Å². The van der Waals surface area contributed by atoms with Crippen molar-refractivity contribution < 1.29 is 0 Å². The summed E-state index contributed by atoms with van der Waals surface area (Å²) in [7, 11) is 0. The highest BCUT2D eigenvalue weighted by Crippen LogP contribution is 2.09.